The van der Waals surface area contributed by atoms with Crippen LogP contribution in [-0.2, 0) is 20.0 Å². The van der Waals surface area contributed by atoms with Crippen LogP contribution in [0.5, 0.6) is 0 Å². The maximum atomic E-state index is 4.50. The summed E-state index contributed by atoms with van der Waals surface area (Å²) in [5.74, 6) is 0. The molecule has 2 aromatic rings. The standard InChI is InChI=1S/C13H21N5/c1-5-18-13(6-10(2)16-18)12(14-3)7-11-8-15-17(4)9-11/h6,8-9,12,14H,5,7H2,1-4H3. The van der Waals surface area contributed by atoms with Gasteiger partial charge in [-0.1, -0.05) is 0 Å². The summed E-state index contributed by atoms with van der Waals surface area (Å²) in [5, 5.41) is 12.1. The zero-order valence-electron chi connectivity index (χ0n) is 11.5. The Morgan fingerprint density at radius 2 is 2.22 bits per heavy atom. The summed E-state index contributed by atoms with van der Waals surface area (Å²) in [4.78, 5) is 0. The lowest BCUT2D eigenvalue weighted by Gasteiger charge is -2.16. The molecule has 1 atom stereocenters. The monoisotopic (exact) mass is 247 g/mol. The van der Waals surface area contributed by atoms with Crippen molar-refractivity contribution < 1.29 is 0 Å². The number of likely N-dealkylation sites (N-methyl/N-ethyl adjacent to an activating group) is 1. The van der Waals surface area contributed by atoms with Gasteiger partial charge in [0.05, 0.1) is 23.6 Å². The van der Waals surface area contributed by atoms with E-state index in [-0.39, 0.29) is 6.04 Å². The van der Waals surface area contributed by atoms with E-state index in [2.05, 4.69) is 39.4 Å². The third-order valence-corrected chi connectivity index (χ3v) is 3.14. The Kier molecular flexibility index (Phi) is 3.81. The van der Waals surface area contributed by atoms with Crippen LogP contribution in [0.3, 0.4) is 0 Å². The molecule has 0 bridgehead atoms. The first kappa shape index (κ1) is 12.8. The molecule has 0 aromatic carbocycles. The van der Waals surface area contributed by atoms with Crippen molar-refractivity contribution in [3.63, 3.8) is 0 Å². The van der Waals surface area contributed by atoms with E-state index in [1.54, 1.807) is 0 Å². The van der Waals surface area contributed by atoms with E-state index in [0.29, 0.717) is 0 Å². The quantitative estimate of drug-likeness (QED) is 0.870. The highest BCUT2D eigenvalue weighted by Crippen LogP contribution is 2.19. The van der Waals surface area contributed by atoms with Crippen molar-refractivity contribution in [3.05, 3.63) is 35.4 Å². The third kappa shape index (κ3) is 2.61. The molecule has 0 saturated carbocycles. The van der Waals surface area contributed by atoms with E-state index in [1.165, 1.54) is 11.3 Å². The van der Waals surface area contributed by atoms with Crippen LogP contribution in [0.15, 0.2) is 18.5 Å². The zero-order chi connectivity index (χ0) is 13.1. The summed E-state index contributed by atoms with van der Waals surface area (Å²) < 4.78 is 3.90. The molecule has 98 valence electrons. The SMILES string of the molecule is CCn1nc(C)cc1C(Cc1cnn(C)c1)NC. The van der Waals surface area contributed by atoms with Crippen molar-refractivity contribution >= 4 is 0 Å². The Morgan fingerprint density at radius 1 is 1.44 bits per heavy atom. The number of aromatic nitrogens is 4. The van der Waals surface area contributed by atoms with Crippen LogP contribution >= 0.6 is 0 Å². The van der Waals surface area contributed by atoms with Crippen LogP contribution in [0.1, 0.15) is 29.9 Å². The van der Waals surface area contributed by atoms with Gasteiger partial charge >= 0.3 is 0 Å². The zero-order valence-corrected chi connectivity index (χ0v) is 11.5. The summed E-state index contributed by atoms with van der Waals surface area (Å²) in [6, 6.07) is 2.43. The molecule has 2 aromatic heterocycles. The molecule has 0 aliphatic rings. The van der Waals surface area contributed by atoms with Gasteiger partial charge in [0.1, 0.15) is 0 Å². The molecule has 0 saturated heterocycles. The molecule has 0 aliphatic carbocycles. The summed E-state index contributed by atoms with van der Waals surface area (Å²) in [6.07, 6.45) is 4.91. The lowest BCUT2D eigenvalue weighted by molar-refractivity contribution is 0.512. The second-order valence-corrected chi connectivity index (χ2v) is 4.59. The Bertz CT molecular complexity index is 511. The van der Waals surface area contributed by atoms with Gasteiger partial charge in [0.25, 0.3) is 0 Å². The first-order valence-electron chi connectivity index (χ1n) is 6.33. The average molecular weight is 247 g/mol. The van der Waals surface area contributed by atoms with Crippen molar-refractivity contribution in [2.45, 2.75) is 32.9 Å². The molecule has 0 aliphatic heterocycles. The fraction of sp³-hybridized carbons (Fsp3) is 0.538. The summed E-state index contributed by atoms with van der Waals surface area (Å²) in [7, 11) is 3.93. The predicted molar refractivity (Wildman–Crippen MR) is 71.4 cm³/mol. The first-order valence-corrected chi connectivity index (χ1v) is 6.33. The number of nitrogens with zero attached hydrogens (tertiary/aromatic N) is 4. The molecule has 18 heavy (non-hydrogen) atoms. The molecule has 2 rings (SSSR count). The van der Waals surface area contributed by atoms with E-state index in [9.17, 15) is 0 Å². The second kappa shape index (κ2) is 5.35. The third-order valence-electron chi connectivity index (χ3n) is 3.14. The van der Waals surface area contributed by atoms with Crippen LogP contribution in [0.25, 0.3) is 0 Å². The topological polar surface area (TPSA) is 47.7 Å². The lowest BCUT2D eigenvalue weighted by atomic mass is 10.1. The predicted octanol–water partition coefficient (Wildman–Crippen LogP) is 1.45. The Morgan fingerprint density at radius 3 is 2.78 bits per heavy atom. The van der Waals surface area contributed by atoms with Crippen molar-refractivity contribution in [1.29, 1.82) is 0 Å². The molecule has 5 heteroatoms. The number of aryl methyl sites for hydroxylation is 3. The van der Waals surface area contributed by atoms with E-state index >= 15 is 0 Å². The molecule has 5 nitrogen and oxygen atoms in total. The minimum Gasteiger partial charge on any atom is -0.311 e. The van der Waals surface area contributed by atoms with Crippen LogP contribution in [0, 0.1) is 6.92 Å². The first-order chi connectivity index (χ1) is 8.63. The van der Waals surface area contributed by atoms with Crippen LogP contribution in [0.4, 0.5) is 0 Å². The van der Waals surface area contributed by atoms with Gasteiger partial charge in [-0.05, 0) is 38.9 Å². The molecular formula is C13H21N5. The van der Waals surface area contributed by atoms with Crippen molar-refractivity contribution in [2.75, 3.05) is 7.05 Å². The van der Waals surface area contributed by atoms with Gasteiger partial charge in [0.15, 0.2) is 0 Å². The number of hydrogen-bond donors (Lipinski definition) is 1. The summed E-state index contributed by atoms with van der Waals surface area (Å²) in [6.45, 7) is 5.05. The number of nitrogens with one attached hydrogen (secondary N) is 1. The molecule has 2 heterocycles. The Hall–Kier alpha value is -1.62. The number of hydrogen-bond acceptors (Lipinski definition) is 3. The van der Waals surface area contributed by atoms with Gasteiger partial charge in [-0.25, -0.2) is 0 Å². The van der Waals surface area contributed by atoms with Gasteiger partial charge in [-0.2, -0.15) is 10.2 Å². The van der Waals surface area contributed by atoms with E-state index in [0.717, 1.165) is 18.7 Å². The lowest BCUT2D eigenvalue weighted by Crippen LogP contribution is -2.22. The maximum Gasteiger partial charge on any atom is 0.0597 e. The van der Waals surface area contributed by atoms with Crippen molar-refractivity contribution in [2.24, 2.45) is 7.05 Å². The molecular weight excluding hydrogens is 226 g/mol. The highest BCUT2D eigenvalue weighted by molar-refractivity contribution is 5.17. The molecule has 1 N–H and O–H groups in total. The molecule has 0 fully saturated rings. The normalized spacial score (nSPS) is 12.9. The second-order valence-electron chi connectivity index (χ2n) is 4.59. The largest absolute Gasteiger partial charge is 0.311 e. The molecule has 0 spiro atoms. The van der Waals surface area contributed by atoms with Gasteiger partial charge in [-0.3, -0.25) is 9.36 Å². The molecule has 0 amide bonds. The highest BCUT2D eigenvalue weighted by atomic mass is 15.3. The minimum absolute atomic E-state index is 0.273. The number of rotatable bonds is 5. The fourth-order valence-corrected chi connectivity index (χ4v) is 2.27. The summed E-state index contributed by atoms with van der Waals surface area (Å²) >= 11 is 0. The van der Waals surface area contributed by atoms with Crippen LogP contribution < -0.4 is 5.32 Å². The van der Waals surface area contributed by atoms with E-state index in [1.807, 2.05) is 31.9 Å². The van der Waals surface area contributed by atoms with Gasteiger partial charge in [-0.15, -0.1) is 0 Å². The fourth-order valence-electron chi connectivity index (χ4n) is 2.27. The van der Waals surface area contributed by atoms with Crippen LogP contribution in [-0.4, -0.2) is 26.6 Å². The maximum absolute atomic E-state index is 4.50. The van der Waals surface area contributed by atoms with Gasteiger partial charge in [0.2, 0.25) is 0 Å². The van der Waals surface area contributed by atoms with Crippen molar-refractivity contribution in [1.82, 2.24) is 24.9 Å². The molecule has 0 radical (unpaired) electrons. The summed E-state index contributed by atoms with van der Waals surface area (Å²) in [5.41, 5.74) is 3.54. The average Bonchev–Trinajstić information content (AvgIpc) is 2.92. The van der Waals surface area contributed by atoms with E-state index < -0.39 is 0 Å². The Labute approximate surface area is 108 Å². The Balaban J connectivity index is 2.22. The van der Waals surface area contributed by atoms with Gasteiger partial charge < -0.3 is 5.32 Å². The minimum atomic E-state index is 0.273. The van der Waals surface area contributed by atoms with Crippen molar-refractivity contribution in [3.8, 4) is 0 Å². The van der Waals surface area contributed by atoms with E-state index in [4.69, 9.17) is 0 Å². The van der Waals surface area contributed by atoms with Crippen LogP contribution in [0.2, 0.25) is 0 Å². The molecule has 1 unspecified atom stereocenters. The smallest absolute Gasteiger partial charge is 0.0597 e. The van der Waals surface area contributed by atoms with Gasteiger partial charge in [0, 0.05) is 19.8 Å². The highest BCUT2D eigenvalue weighted by Gasteiger charge is 2.16.